The Balaban J connectivity index is 1.45. The highest BCUT2D eigenvalue weighted by Gasteiger charge is 2.47. The highest BCUT2D eigenvalue weighted by Crippen LogP contribution is 2.42. The smallest absolute Gasteiger partial charge is 0.315 e. The number of benzene rings is 1. The first-order valence-electron chi connectivity index (χ1n) is 18.2. The van der Waals surface area contributed by atoms with Crippen LogP contribution in [0.2, 0.25) is 0 Å². The van der Waals surface area contributed by atoms with Gasteiger partial charge in [0.15, 0.2) is 0 Å². The van der Waals surface area contributed by atoms with Gasteiger partial charge in [0, 0.05) is 47.1 Å². The Hall–Kier alpha value is -4.42. The number of fused-ring (bicyclic) bond motifs is 1. The fraction of sp³-hybridized carbons (Fsp3) is 0.632. The number of nitrogens with zero attached hydrogens (tertiary/aromatic N) is 2. The molecule has 4 atom stereocenters. The second kappa shape index (κ2) is 15.1. The molecule has 3 fully saturated rings. The van der Waals surface area contributed by atoms with Gasteiger partial charge in [-0.15, -0.1) is 0 Å². The molecule has 2 aromatic rings. The highest BCUT2D eigenvalue weighted by molar-refractivity contribution is 6.38. The number of amides is 5. The van der Waals surface area contributed by atoms with E-state index in [1.54, 1.807) is 7.11 Å². The van der Waals surface area contributed by atoms with Crippen molar-refractivity contribution in [2.75, 3.05) is 13.7 Å². The molecule has 1 aliphatic heterocycles. The van der Waals surface area contributed by atoms with Gasteiger partial charge in [-0.2, -0.15) is 0 Å². The number of hydrogen-bond donors (Lipinski definition) is 4. The van der Waals surface area contributed by atoms with Gasteiger partial charge < -0.3 is 35.6 Å². The Morgan fingerprint density at radius 1 is 0.980 bits per heavy atom. The van der Waals surface area contributed by atoms with Crippen LogP contribution in [0.1, 0.15) is 105 Å². The molecule has 278 valence electrons. The van der Waals surface area contributed by atoms with Crippen molar-refractivity contribution in [3.63, 3.8) is 0 Å². The molecule has 1 unspecified atom stereocenters. The third-order valence-corrected chi connectivity index (χ3v) is 9.36. The first-order chi connectivity index (χ1) is 24.0. The van der Waals surface area contributed by atoms with E-state index in [4.69, 9.17) is 14.5 Å². The third kappa shape index (κ3) is 9.68. The van der Waals surface area contributed by atoms with Crippen molar-refractivity contribution in [3.05, 3.63) is 30.0 Å². The SMILES string of the molecule is CCC[C@H](NC(=O)[C@@H]1CC(Oc2cc(C3CC3)nc3cc(OC)ccc23)CN1C(=O)[C@@H](NC(=O)NC(C)(C)C)C(C)(C)C)C(=O)C(=O)NC1CC1. The number of Topliss-reactive ketones (excluding diaryl/α,β-unsaturated/α-hetero) is 1. The van der Waals surface area contributed by atoms with E-state index in [2.05, 4.69) is 21.3 Å². The Kier molecular flexibility index (Phi) is 11.2. The number of ether oxygens (including phenoxy) is 2. The number of rotatable bonds is 13. The third-order valence-electron chi connectivity index (χ3n) is 9.36. The summed E-state index contributed by atoms with van der Waals surface area (Å²) in [6.07, 6.45) is 4.06. The summed E-state index contributed by atoms with van der Waals surface area (Å²) in [5, 5.41) is 12.0. The predicted octanol–water partition coefficient (Wildman–Crippen LogP) is 4.11. The molecular weight excluding hydrogens is 652 g/mol. The Bertz CT molecular complexity index is 1660. The molecule has 3 aliphatic rings. The molecule has 4 N–H and O–H groups in total. The highest BCUT2D eigenvalue weighted by atomic mass is 16.5. The maximum atomic E-state index is 14.5. The van der Waals surface area contributed by atoms with E-state index >= 15 is 0 Å². The van der Waals surface area contributed by atoms with E-state index in [0.717, 1.165) is 42.3 Å². The second-order valence-electron chi connectivity index (χ2n) is 16.3. The van der Waals surface area contributed by atoms with Gasteiger partial charge in [-0.3, -0.25) is 24.2 Å². The predicted molar refractivity (Wildman–Crippen MR) is 192 cm³/mol. The van der Waals surface area contributed by atoms with Gasteiger partial charge in [0.05, 0.1) is 25.2 Å². The van der Waals surface area contributed by atoms with Crippen molar-refractivity contribution >= 4 is 40.4 Å². The minimum atomic E-state index is -1.05. The molecule has 2 heterocycles. The van der Waals surface area contributed by atoms with Gasteiger partial charge in [0.25, 0.3) is 5.91 Å². The summed E-state index contributed by atoms with van der Waals surface area (Å²) in [6, 6.07) is 3.92. The van der Waals surface area contributed by atoms with Gasteiger partial charge in [-0.25, -0.2) is 4.79 Å². The van der Waals surface area contributed by atoms with Crippen LogP contribution in [-0.2, 0) is 19.2 Å². The van der Waals surface area contributed by atoms with Crippen molar-refractivity contribution in [1.29, 1.82) is 0 Å². The molecule has 0 spiro atoms. The van der Waals surface area contributed by atoms with E-state index in [0.29, 0.717) is 23.8 Å². The van der Waals surface area contributed by atoms with Crippen molar-refractivity contribution in [2.45, 2.75) is 135 Å². The maximum absolute atomic E-state index is 14.5. The van der Waals surface area contributed by atoms with Gasteiger partial charge in [0.2, 0.25) is 17.6 Å². The topological polar surface area (TPSA) is 168 Å². The van der Waals surface area contributed by atoms with E-state index in [1.165, 1.54) is 4.90 Å². The number of carbonyl (C=O) groups is 5. The molecule has 2 saturated carbocycles. The minimum Gasteiger partial charge on any atom is -0.497 e. The van der Waals surface area contributed by atoms with Crippen LogP contribution in [-0.4, -0.2) is 88.9 Å². The van der Waals surface area contributed by atoms with Gasteiger partial charge in [-0.05, 0) is 70.4 Å². The van der Waals surface area contributed by atoms with Crippen LogP contribution in [0.3, 0.4) is 0 Å². The average molecular weight is 707 g/mol. The van der Waals surface area contributed by atoms with Crippen LogP contribution in [0.4, 0.5) is 4.79 Å². The number of urea groups is 1. The molecule has 0 bridgehead atoms. The summed E-state index contributed by atoms with van der Waals surface area (Å²) in [7, 11) is 1.60. The lowest BCUT2D eigenvalue weighted by Crippen LogP contribution is -2.61. The Labute approximate surface area is 300 Å². The zero-order valence-electron chi connectivity index (χ0n) is 31.2. The monoisotopic (exact) mass is 706 g/mol. The lowest BCUT2D eigenvalue weighted by molar-refractivity contribution is -0.144. The van der Waals surface area contributed by atoms with Crippen LogP contribution >= 0.6 is 0 Å². The molecule has 51 heavy (non-hydrogen) atoms. The second-order valence-corrected chi connectivity index (χ2v) is 16.3. The molecule has 2 aliphatic carbocycles. The molecule has 5 amide bonds. The van der Waals surface area contributed by atoms with Crippen LogP contribution in [0.25, 0.3) is 10.9 Å². The Morgan fingerprint density at radius 3 is 2.27 bits per heavy atom. The van der Waals surface area contributed by atoms with Crippen LogP contribution in [0.5, 0.6) is 11.5 Å². The molecule has 1 aromatic carbocycles. The Morgan fingerprint density at radius 2 is 1.69 bits per heavy atom. The number of likely N-dealkylation sites (tertiary alicyclic amines) is 1. The van der Waals surface area contributed by atoms with Gasteiger partial charge in [-0.1, -0.05) is 34.1 Å². The summed E-state index contributed by atoms with van der Waals surface area (Å²) in [6.45, 7) is 13.0. The first-order valence-corrected chi connectivity index (χ1v) is 18.2. The van der Waals surface area contributed by atoms with Crippen LogP contribution < -0.4 is 30.7 Å². The summed E-state index contributed by atoms with van der Waals surface area (Å²) < 4.78 is 12.1. The van der Waals surface area contributed by atoms with E-state index in [1.807, 2.05) is 72.7 Å². The molecule has 1 aromatic heterocycles. The molecular formula is C38H54N6O7. The molecule has 5 rings (SSSR count). The quantitative estimate of drug-likeness (QED) is 0.226. The van der Waals surface area contributed by atoms with Gasteiger partial charge >= 0.3 is 6.03 Å². The number of nitrogens with one attached hydrogen (secondary N) is 4. The normalized spacial score (nSPS) is 20.3. The number of methoxy groups -OCH3 is 1. The summed E-state index contributed by atoms with van der Waals surface area (Å²) in [5.41, 5.74) is 0.362. The maximum Gasteiger partial charge on any atom is 0.315 e. The van der Waals surface area contributed by atoms with Gasteiger partial charge in [0.1, 0.15) is 29.7 Å². The fourth-order valence-corrected chi connectivity index (χ4v) is 6.35. The lowest BCUT2D eigenvalue weighted by atomic mass is 9.85. The zero-order valence-corrected chi connectivity index (χ0v) is 31.2. The number of ketones is 1. The van der Waals surface area contributed by atoms with Crippen molar-refractivity contribution in [3.8, 4) is 11.5 Å². The largest absolute Gasteiger partial charge is 0.497 e. The van der Waals surface area contributed by atoms with E-state index in [-0.39, 0.29) is 25.4 Å². The molecule has 1 saturated heterocycles. The average Bonchev–Trinajstić information content (AvgIpc) is 3.99. The van der Waals surface area contributed by atoms with Crippen LogP contribution in [0.15, 0.2) is 24.3 Å². The lowest BCUT2D eigenvalue weighted by Gasteiger charge is -2.36. The summed E-state index contributed by atoms with van der Waals surface area (Å²) in [4.78, 5) is 74.0. The molecule has 13 heteroatoms. The molecule has 13 nitrogen and oxygen atoms in total. The van der Waals surface area contributed by atoms with Crippen LogP contribution in [0, 0.1) is 5.41 Å². The fourth-order valence-electron chi connectivity index (χ4n) is 6.35. The number of pyridine rings is 1. The first kappa shape index (κ1) is 37.8. The molecule has 0 radical (unpaired) electrons. The van der Waals surface area contributed by atoms with E-state index < -0.39 is 64.7 Å². The number of carbonyl (C=O) groups excluding carboxylic acids is 5. The number of aromatic nitrogens is 1. The summed E-state index contributed by atoms with van der Waals surface area (Å²) in [5.74, 6) is -0.839. The summed E-state index contributed by atoms with van der Waals surface area (Å²) >= 11 is 0. The van der Waals surface area contributed by atoms with Crippen molar-refractivity contribution in [2.24, 2.45) is 5.41 Å². The number of hydrogen-bond acceptors (Lipinski definition) is 8. The minimum absolute atomic E-state index is 0.0108. The van der Waals surface area contributed by atoms with E-state index in [9.17, 15) is 24.0 Å². The van der Waals surface area contributed by atoms with Crippen molar-refractivity contribution < 1.29 is 33.4 Å². The standard InChI is InChI=1S/C38H54N6O7/c1-9-10-26(31(45)34(47)39-22-13-14-22)41-33(46)29-18-24(20-44(29)35(48)32(37(2,3)4)42-36(49)43-38(5,6)7)51-30-19-27(21-11-12-21)40-28-17-23(50-8)15-16-25(28)30/h15-17,19,21-22,24,26,29,32H,9-14,18,20H2,1-8H3,(H,39,47)(H,41,46)(H2,42,43,49)/t24?,26-,29-,32+/m0/s1. The zero-order chi connectivity index (χ0) is 37.2. The van der Waals surface area contributed by atoms with Crippen molar-refractivity contribution in [1.82, 2.24) is 31.2 Å².